The van der Waals surface area contributed by atoms with Gasteiger partial charge in [0.2, 0.25) is 5.91 Å². The first-order chi connectivity index (χ1) is 5.68. The molecule has 0 saturated heterocycles. The molecule has 2 aliphatic rings. The quantitative estimate of drug-likeness (QED) is 0.573. The van der Waals surface area contributed by atoms with Crippen molar-refractivity contribution in [2.24, 2.45) is 23.0 Å². The Balaban J connectivity index is 2.37. The Labute approximate surface area is 70.9 Å². The molecule has 1 amide bonds. The van der Waals surface area contributed by atoms with Crippen molar-refractivity contribution in [2.45, 2.75) is 12.8 Å². The first kappa shape index (κ1) is 7.35. The first-order valence-electron chi connectivity index (χ1n) is 4.08. The lowest BCUT2D eigenvalue weighted by Crippen LogP contribution is -2.33. The van der Waals surface area contributed by atoms with Crippen molar-refractivity contribution >= 4 is 5.91 Å². The van der Waals surface area contributed by atoms with Gasteiger partial charge in [0.15, 0.2) is 0 Å². The van der Waals surface area contributed by atoms with Crippen LogP contribution in [0.5, 0.6) is 0 Å². The van der Waals surface area contributed by atoms with Crippen LogP contribution in [0.4, 0.5) is 0 Å². The lowest BCUT2D eigenvalue weighted by molar-refractivity contribution is -0.123. The van der Waals surface area contributed by atoms with E-state index in [1.54, 1.807) is 0 Å². The number of primary amides is 1. The summed E-state index contributed by atoms with van der Waals surface area (Å²) in [5.41, 5.74) is 4.66. The zero-order valence-electron chi connectivity index (χ0n) is 6.66. The van der Waals surface area contributed by atoms with Crippen molar-refractivity contribution in [3.05, 3.63) is 12.2 Å². The Morgan fingerprint density at radius 2 is 2.50 bits per heavy atom. The Morgan fingerprint density at radius 3 is 2.92 bits per heavy atom. The smallest absolute Gasteiger partial charge is 0.222 e. The topological polar surface area (TPSA) is 66.9 Å². The highest BCUT2D eigenvalue weighted by atomic mass is 16.1. The summed E-state index contributed by atoms with van der Waals surface area (Å²) in [7, 11) is 0. The molecule has 0 aromatic rings. The molecular formula is C9H10N2O. The third-order valence-corrected chi connectivity index (χ3v) is 2.98. The van der Waals surface area contributed by atoms with Crippen LogP contribution in [0.2, 0.25) is 0 Å². The highest BCUT2D eigenvalue weighted by Gasteiger charge is 2.51. The number of carbonyl (C=O) groups is 1. The van der Waals surface area contributed by atoms with E-state index in [1.165, 1.54) is 0 Å². The molecule has 0 aromatic carbocycles. The van der Waals surface area contributed by atoms with Crippen LogP contribution < -0.4 is 5.73 Å². The number of fused-ring (bicyclic) bond motifs is 2. The van der Waals surface area contributed by atoms with E-state index in [0.29, 0.717) is 5.92 Å². The maximum atomic E-state index is 11.0. The molecule has 0 radical (unpaired) electrons. The number of carbonyl (C=O) groups excluding carboxylic acids is 1. The Bertz CT molecular complexity index is 302. The molecule has 0 aliphatic heterocycles. The van der Waals surface area contributed by atoms with Gasteiger partial charge in [-0.2, -0.15) is 5.26 Å². The third kappa shape index (κ3) is 0.724. The minimum Gasteiger partial charge on any atom is -0.369 e. The summed E-state index contributed by atoms with van der Waals surface area (Å²) in [6.07, 6.45) is 5.44. The number of nitrogens with two attached hydrogens (primary N) is 1. The third-order valence-electron chi connectivity index (χ3n) is 2.98. The van der Waals surface area contributed by atoms with Gasteiger partial charge >= 0.3 is 0 Å². The van der Waals surface area contributed by atoms with Crippen LogP contribution >= 0.6 is 0 Å². The second-order valence-electron chi connectivity index (χ2n) is 3.67. The van der Waals surface area contributed by atoms with Crippen LogP contribution in [0.3, 0.4) is 0 Å². The van der Waals surface area contributed by atoms with Gasteiger partial charge in [0.1, 0.15) is 0 Å². The van der Waals surface area contributed by atoms with Crippen LogP contribution in [-0.2, 0) is 4.79 Å². The fraction of sp³-hybridized carbons (Fsp3) is 0.556. The van der Waals surface area contributed by atoms with E-state index in [4.69, 9.17) is 11.0 Å². The first-order valence-corrected chi connectivity index (χ1v) is 4.08. The molecule has 3 atom stereocenters. The van der Waals surface area contributed by atoms with Gasteiger partial charge in [0, 0.05) is 0 Å². The van der Waals surface area contributed by atoms with Gasteiger partial charge in [0.25, 0.3) is 0 Å². The lowest BCUT2D eigenvalue weighted by Gasteiger charge is -2.21. The van der Waals surface area contributed by atoms with Gasteiger partial charge in [-0.3, -0.25) is 4.79 Å². The monoisotopic (exact) mass is 162 g/mol. The summed E-state index contributed by atoms with van der Waals surface area (Å²) < 4.78 is 0. The number of amides is 1. The van der Waals surface area contributed by atoms with E-state index in [1.807, 2.05) is 12.2 Å². The lowest BCUT2D eigenvalue weighted by atomic mass is 9.79. The normalized spacial score (nSPS) is 42.9. The van der Waals surface area contributed by atoms with Crippen LogP contribution in [0.25, 0.3) is 0 Å². The van der Waals surface area contributed by atoms with Crippen molar-refractivity contribution in [3.63, 3.8) is 0 Å². The molecular weight excluding hydrogens is 152 g/mol. The predicted molar refractivity (Wildman–Crippen MR) is 42.6 cm³/mol. The van der Waals surface area contributed by atoms with Gasteiger partial charge in [-0.15, -0.1) is 0 Å². The number of rotatable bonds is 1. The van der Waals surface area contributed by atoms with Crippen molar-refractivity contribution in [3.8, 4) is 6.07 Å². The average Bonchev–Trinajstić information content (AvgIpc) is 2.60. The number of nitriles is 1. The predicted octanol–water partition coefficient (Wildman–Crippen LogP) is 0.578. The van der Waals surface area contributed by atoms with Crippen LogP contribution in [0, 0.1) is 28.6 Å². The van der Waals surface area contributed by atoms with Crippen LogP contribution in [0.1, 0.15) is 12.8 Å². The van der Waals surface area contributed by atoms with Crippen molar-refractivity contribution in [1.82, 2.24) is 0 Å². The van der Waals surface area contributed by atoms with E-state index in [9.17, 15) is 4.79 Å². The molecule has 0 heterocycles. The fourth-order valence-electron chi connectivity index (χ4n) is 2.34. The summed E-state index contributed by atoms with van der Waals surface area (Å²) in [5.74, 6) is -0.178. The maximum Gasteiger partial charge on any atom is 0.222 e. The molecule has 0 aromatic heterocycles. The molecule has 12 heavy (non-hydrogen) atoms. The summed E-state index contributed by atoms with van der Waals surface area (Å²) in [4.78, 5) is 11.0. The van der Waals surface area contributed by atoms with E-state index >= 15 is 0 Å². The minimum atomic E-state index is -0.559. The summed E-state index contributed by atoms with van der Waals surface area (Å²) in [5, 5.41) is 8.95. The molecule has 62 valence electrons. The second kappa shape index (κ2) is 2.10. The molecule has 2 bridgehead atoms. The van der Waals surface area contributed by atoms with Gasteiger partial charge in [0.05, 0.1) is 17.4 Å². The zero-order valence-corrected chi connectivity index (χ0v) is 6.66. The highest BCUT2D eigenvalue weighted by Crippen LogP contribution is 2.52. The fourth-order valence-corrected chi connectivity index (χ4v) is 2.34. The van der Waals surface area contributed by atoms with E-state index in [2.05, 4.69) is 6.07 Å². The zero-order chi connectivity index (χ0) is 8.77. The highest BCUT2D eigenvalue weighted by molar-refractivity contribution is 5.79. The van der Waals surface area contributed by atoms with Crippen LogP contribution in [-0.4, -0.2) is 5.91 Å². The maximum absolute atomic E-state index is 11.0. The molecule has 3 heteroatoms. The van der Waals surface area contributed by atoms with Crippen molar-refractivity contribution in [2.75, 3.05) is 0 Å². The molecule has 0 spiro atoms. The molecule has 1 fully saturated rings. The molecule has 2 rings (SSSR count). The van der Waals surface area contributed by atoms with Gasteiger partial charge in [-0.1, -0.05) is 12.2 Å². The Hall–Kier alpha value is -1.30. The average molecular weight is 162 g/mol. The molecule has 3 unspecified atom stereocenters. The number of hydrogen-bond acceptors (Lipinski definition) is 2. The van der Waals surface area contributed by atoms with Crippen molar-refractivity contribution < 1.29 is 4.79 Å². The minimum absolute atomic E-state index is 0.252. The van der Waals surface area contributed by atoms with Gasteiger partial charge < -0.3 is 5.73 Å². The second-order valence-corrected chi connectivity index (χ2v) is 3.67. The molecule has 1 saturated carbocycles. The number of hydrogen-bond donors (Lipinski definition) is 1. The summed E-state index contributed by atoms with van der Waals surface area (Å²) in [6, 6.07) is 2.21. The van der Waals surface area contributed by atoms with E-state index in [0.717, 1.165) is 12.8 Å². The Kier molecular flexibility index (Phi) is 1.29. The SMILES string of the molecule is N#CC12C=CC(CC1C(N)=O)C2. The standard InChI is InChI=1S/C9H10N2O/c10-5-9-2-1-6(4-9)3-7(9)8(11)12/h1-2,6-7H,3-4H2,(H2,11,12). The number of nitrogens with zero attached hydrogens (tertiary/aromatic N) is 1. The van der Waals surface area contributed by atoms with Gasteiger partial charge in [-0.05, 0) is 18.8 Å². The van der Waals surface area contributed by atoms with Gasteiger partial charge in [-0.25, -0.2) is 0 Å². The summed E-state index contributed by atoms with van der Waals surface area (Å²) in [6.45, 7) is 0. The van der Waals surface area contributed by atoms with Crippen molar-refractivity contribution in [1.29, 1.82) is 5.26 Å². The number of allylic oxidation sites excluding steroid dienone is 2. The van der Waals surface area contributed by atoms with Crippen LogP contribution in [0.15, 0.2) is 12.2 Å². The molecule has 2 N–H and O–H groups in total. The summed E-state index contributed by atoms with van der Waals surface area (Å²) >= 11 is 0. The van der Waals surface area contributed by atoms with E-state index < -0.39 is 5.41 Å². The molecule has 3 nitrogen and oxygen atoms in total. The van der Waals surface area contributed by atoms with E-state index in [-0.39, 0.29) is 11.8 Å². The molecule has 2 aliphatic carbocycles. The largest absolute Gasteiger partial charge is 0.369 e. The Morgan fingerprint density at radius 1 is 1.75 bits per heavy atom.